The quantitative estimate of drug-likeness (QED) is 0.721. The molecule has 2 aromatic rings. The molecule has 1 saturated carbocycles. The minimum Gasteiger partial charge on any atom is -0.200 e. The topological polar surface area (TPSA) is 3.88 Å². The number of nitrogens with zero attached hydrogens (tertiary/aromatic N) is 1. The molecule has 4 rings (SSSR count). The number of hydrogen-bond acceptors (Lipinski definition) is 0. The van der Waals surface area contributed by atoms with Gasteiger partial charge in [-0.15, -0.1) is 0 Å². The third-order valence-electron chi connectivity index (χ3n) is 6.14. The smallest absolute Gasteiger partial charge is 0.200 e. The monoisotopic (exact) mass is 282 g/mol. The Labute approximate surface area is 125 Å². The van der Waals surface area contributed by atoms with Gasteiger partial charge in [0.05, 0.1) is 11.0 Å². The maximum Gasteiger partial charge on any atom is 0.213 e. The first-order valence-corrected chi connectivity index (χ1v) is 8.00. The summed E-state index contributed by atoms with van der Waals surface area (Å²) in [6.07, 6.45) is 6.24. The number of aromatic nitrogens is 1. The van der Waals surface area contributed by atoms with E-state index in [0.29, 0.717) is 0 Å². The SMILES string of the molecule is CCC12CCC1(CC)[n+]1cc(F)ccc1-c1ccccc12. The Balaban J connectivity index is 2.11. The number of hydrogen-bond donors (Lipinski definition) is 0. The summed E-state index contributed by atoms with van der Waals surface area (Å²) in [6.45, 7) is 4.53. The second kappa shape index (κ2) is 4.16. The van der Waals surface area contributed by atoms with Crippen molar-refractivity contribution in [3.8, 4) is 11.3 Å². The van der Waals surface area contributed by atoms with Crippen molar-refractivity contribution in [1.29, 1.82) is 0 Å². The molecule has 1 aromatic carbocycles. The Hall–Kier alpha value is -1.70. The first-order chi connectivity index (χ1) is 10.2. The van der Waals surface area contributed by atoms with Crippen molar-refractivity contribution >= 4 is 0 Å². The van der Waals surface area contributed by atoms with Crippen LogP contribution in [0.25, 0.3) is 11.3 Å². The molecule has 1 aliphatic heterocycles. The van der Waals surface area contributed by atoms with Crippen LogP contribution in [-0.4, -0.2) is 0 Å². The molecule has 0 bridgehead atoms. The van der Waals surface area contributed by atoms with E-state index in [2.05, 4.69) is 42.7 Å². The number of fused-ring (bicyclic) bond motifs is 6. The molecule has 1 fully saturated rings. The molecule has 0 N–H and O–H groups in total. The van der Waals surface area contributed by atoms with Crippen LogP contribution < -0.4 is 4.57 Å². The van der Waals surface area contributed by atoms with Gasteiger partial charge >= 0.3 is 0 Å². The Bertz CT molecular complexity index is 715. The van der Waals surface area contributed by atoms with E-state index in [4.69, 9.17) is 0 Å². The Kier molecular flexibility index (Phi) is 2.57. The first kappa shape index (κ1) is 13.0. The van der Waals surface area contributed by atoms with Gasteiger partial charge in [-0.05, 0) is 30.5 Å². The molecule has 0 radical (unpaired) electrons. The fraction of sp³-hybridized carbons (Fsp3) is 0.421. The molecule has 1 aliphatic carbocycles. The molecule has 1 nitrogen and oxygen atoms in total. The van der Waals surface area contributed by atoms with Gasteiger partial charge in [-0.2, -0.15) is 4.57 Å². The Morgan fingerprint density at radius 2 is 1.86 bits per heavy atom. The lowest BCUT2D eigenvalue weighted by atomic mass is 9.47. The number of pyridine rings is 1. The predicted octanol–water partition coefficient (Wildman–Crippen LogP) is 4.34. The predicted molar refractivity (Wildman–Crippen MR) is 81.5 cm³/mol. The van der Waals surface area contributed by atoms with E-state index in [-0.39, 0.29) is 16.8 Å². The summed E-state index contributed by atoms with van der Waals surface area (Å²) in [7, 11) is 0. The standard InChI is InChI=1S/C19H21FN/c1-3-18-11-12-19(18,4-2)21-13-14(20)9-10-17(21)15-7-5-6-8-16(15)18/h5-10,13H,3-4,11-12H2,1-2H3/q+1. The van der Waals surface area contributed by atoms with Crippen LogP contribution in [0.5, 0.6) is 0 Å². The molecule has 0 saturated heterocycles. The van der Waals surface area contributed by atoms with Gasteiger partial charge in [-0.1, -0.05) is 32.0 Å². The maximum atomic E-state index is 13.9. The van der Waals surface area contributed by atoms with Crippen LogP contribution in [0.1, 0.15) is 45.1 Å². The second-order valence-corrected chi connectivity index (χ2v) is 6.47. The van der Waals surface area contributed by atoms with E-state index >= 15 is 0 Å². The van der Waals surface area contributed by atoms with Crippen molar-refractivity contribution in [3.63, 3.8) is 0 Å². The highest BCUT2D eigenvalue weighted by atomic mass is 19.1. The van der Waals surface area contributed by atoms with Gasteiger partial charge in [0.2, 0.25) is 11.9 Å². The number of benzene rings is 1. The third kappa shape index (κ3) is 1.34. The molecule has 2 heterocycles. The highest BCUT2D eigenvalue weighted by Crippen LogP contribution is 2.61. The molecule has 2 aliphatic rings. The lowest BCUT2D eigenvalue weighted by molar-refractivity contribution is -0.784. The molecule has 21 heavy (non-hydrogen) atoms. The van der Waals surface area contributed by atoms with E-state index < -0.39 is 0 Å². The Morgan fingerprint density at radius 3 is 2.52 bits per heavy atom. The molecule has 0 amide bonds. The highest BCUT2D eigenvalue weighted by molar-refractivity contribution is 5.66. The molecule has 0 spiro atoms. The van der Waals surface area contributed by atoms with Gasteiger partial charge < -0.3 is 0 Å². The van der Waals surface area contributed by atoms with Gasteiger partial charge in [0, 0.05) is 18.9 Å². The van der Waals surface area contributed by atoms with Crippen LogP contribution in [0.15, 0.2) is 42.6 Å². The lowest BCUT2D eigenvalue weighted by Gasteiger charge is -2.57. The third-order valence-corrected chi connectivity index (χ3v) is 6.14. The summed E-state index contributed by atoms with van der Waals surface area (Å²) in [6, 6.07) is 12.2. The van der Waals surface area contributed by atoms with Crippen molar-refractivity contribution < 1.29 is 8.96 Å². The van der Waals surface area contributed by atoms with Crippen molar-refractivity contribution in [1.82, 2.24) is 0 Å². The van der Waals surface area contributed by atoms with Crippen LogP contribution in [0, 0.1) is 5.82 Å². The van der Waals surface area contributed by atoms with Gasteiger partial charge in [0.15, 0.2) is 11.4 Å². The number of rotatable bonds is 2. The van der Waals surface area contributed by atoms with Crippen LogP contribution in [-0.2, 0) is 11.0 Å². The molecular formula is C19H21FN+. The van der Waals surface area contributed by atoms with Crippen LogP contribution in [0.3, 0.4) is 0 Å². The summed E-state index contributed by atoms with van der Waals surface area (Å²) in [5, 5.41) is 0. The average molecular weight is 282 g/mol. The summed E-state index contributed by atoms with van der Waals surface area (Å²) in [5.74, 6) is -0.136. The summed E-state index contributed by atoms with van der Waals surface area (Å²) >= 11 is 0. The minimum absolute atomic E-state index is 0.0491. The molecule has 108 valence electrons. The van der Waals surface area contributed by atoms with Gasteiger partial charge in [0.25, 0.3) is 0 Å². The van der Waals surface area contributed by atoms with E-state index in [1.54, 1.807) is 12.3 Å². The van der Waals surface area contributed by atoms with E-state index in [9.17, 15) is 4.39 Å². The van der Waals surface area contributed by atoms with E-state index in [1.165, 1.54) is 17.5 Å². The fourth-order valence-corrected chi connectivity index (χ4v) is 5.01. The molecule has 1 aromatic heterocycles. The normalized spacial score (nSPS) is 29.1. The van der Waals surface area contributed by atoms with Crippen molar-refractivity contribution in [2.24, 2.45) is 0 Å². The largest absolute Gasteiger partial charge is 0.213 e. The van der Waals surface area contributed by atoms with E-state index in [0.717, 1.165) is 25.0 Å². The fourth-order valence-electron chi connectivity index (χ4n) is 5.01. The zero-order valence-electron chi connectivity index (χ0n) is 12.7. The molecule has 2 unspecified atom stereocenters. The highest BCUT2D eigenvalue weighted by Gasteiger charge is 2.68. The zero-order chi connectivity index (χ0) is 14.7. The van der Waals surface area contributed by atoms with Crippen LogP contribution in [0.4, 0.5) is 4.39 Å². The van der Waals surface area contributed by atoms with Crippen molar-refractivity contribution in [2.75, 3.05) is 0 Å². The minimum atomic E-state index is -0.136. The average Bonchev–Trinajstić information content (AvgIpc) is 2.49. The Morgan fingerprint density at radius 1 is 1.05 bits per heavy atom. The van der Waals surface area contributed by atoms with Gasteiger partial charge in [-0.3, -0.25) is 0 Å². The van der Waals surface area contributed by atoms with Crippen LogP contribution >= 0.6 is 0 Å². The summed E-state index contributed by atoms with van der Waals surface area (Å²) in [5.41, 5.74) is 4.13. The zero-order valence-corrected chi connectivity index (χ0v) is 12.7. The van der Waals surface area contributed by atoms with Crippen molar-refractivity contribution in [2.45, 2.75) is 50.5 Å². The maximum absolute atomic E-state index is 13.9. The molecule has 2 atom stereocenters. The lowest BCUT2D eigenvalue weighted by Crippen LogP contribution is -2.75. The second-order valence-electron chi connectivity index (χ2n) is 6.47. The number of halogens is 1. The first-order valence-electron chi connectivity index (χ1n) is 8.00. The molecular weight excluding hydrogens is 261 g/mol. The summed E-state index contributed by atoms with van der Waals surface area (Å²) < 4.78 is 16.2. The van der Waals surface area contributed by atoms with E-state index in [1.807, 2.05) is 6.07 Å². The summed E-state index contributed by atoms with van der Waals surface area (Å²) in [4.78, 5) is 0. The van der Waals surface area contributed by atoms with Crippen molar-refractivity contribution in [3.05, 3.63) is 54.0 Å². The van der Waals surface area contributed by atoms with Gasteiger partial charge in [-0.25, -0.2) is 4.39 Å². The molecule has 2 heteroatoms. The van der Waals surface area contributed by atoms with Gasteiger partial charge in [0.1, 0.15) is 0 Å². The van der Waals surface area contributed by atoms with Crippen LogP contribution in [0.2, 0.25) is 0 Å².